The van der Waals surface area contributed by atoms with Crippen LogP contribution < -0.4 is 15.1 Å². The van der Waals surface area contributed by atoms with Crippen LogP contribution in [0.1, 0.15) is 25.0 Å². The molecule has 0 saturated carbocycles. The summed E-state index contributed by atoms with van der Waals surface area (Å²) in [4.78, 5) is 39.7. The van der Waals surface area contributed by atoms with E-state index in [-0.39, 0.29) is 23.4 Å². The molecule has 1 N–H and O–H groups in total. The lowest BCUT2D eigenvalue weighted by atomic mass is 9.73. The number of nitrogens with zero attached hydrogens (tertiary/aromatic N) is 5. The summed E-state index contributed by atoms with van der Waals surface area (Å²) in [7, 11) is 3.56. The number of hydrogen-bond donors (Lipinski definition) is 1. The number of rotatable bonds is 1. The van der Waals surface area contributed by atoms with Crippen LogP contribution in [-0.2, 0) is 20.4 Å². The van der Waals surface area contributed by atoms with Crippen molar-refractivity contribution in [1.82, 2.24) is 20.2 Å². The van der Waals surface area contributed by atoms with Gasteiger partial charge in [0, 0.05) is 80.3 Å². The zero-order valence-electron chi connectivity index (χ0n) is 23.9. The zero-order valence-corrected chi connectivity index (χ0v) is 27.1. The molecule has 0 bridgehead atoms. The number of amides is 2. The van der Waals surface area contributed by atoms with Crippen LogP contribution in [0.2, 0.25) is 0 Å². The molecule has 43 heavy (non-hydrogen) atoms. The lowest BCUT2D eigenvalue weighted by molar-refractivity contribution is -0.130. The van der Waals surface area contributed by atoms with Gasteiger partial charge >= 0.3 is 0 Å². The number of carbonyl (C=O) groups excluding carboxylic acids is 2. The number of likely N-dealkylation sites (N-methyl/N-ethyl adjacent to an activating group) is 2. The average molecular weight is 714 g/mol. The fraction of sp³-hybridized carbons (Fsp3) is 0.355. The van der Waals surface area contributed by atoms with Crippen LogP contribution in [-0.4, -0.2) is 73.0 Å². The fourth-order valence-corrected chi connectivity index (χ4v) is 7.64. The van der Waals surface area contributed by atoms with Crippen LogP contribution in [0, 0.1) is 11.6 Å². The molecular weight excluding hydrogens is 686 g/mol. The van der Waals surface area contributed by atoms with E-state index in [0.717, 1.165) is 33.3 Å². The van der Waals surface area contributed by atoms with Gasteiger partial charge in [0.15, 0.2) is 0 Å². The Morgan fingerprint density at radius 3 is 1.65 bits per heavy atom. The maximum Gasteiger partial charge on any atom is 0.240 e. The predicted octanol–water partition coefficient (Wildman–Crippen LogP) is 5.03. The van der Waals surface area contributed by atoms with Crippen molar-refractivity contribution >= 4 is 76.9 Å². The number of hydrogen-bond acceptors (Lipinski definition) is 6. The van der Waals surface area contributed by atoms with E-state index in [9.17, 15) is 18.4 Å². The molecular formula is C31H28Br2F2N6O2. The van der Waals surface area contributed by atoms with Gasteiger partial charge in [-0.1, -0.05) is 0 Å². The molecule has 2 saturated heterocycles. The van der Waals surface area contributed by atoms with Crippen LogP contribution >= 0.6 is 31.9 Å². The van der Waals surface area contributed by atoms with Gasteiger partial charge in [-0.25, -0.2) is 8.78 Å². The Labute approximate surface area is 263 Å². The van der Waals surface area contributed by atoms with E-state index in [4.69, 9.17) is 0 Å². The highest BCUT2D eigenvalue weighted by Gasteiger charge is 2.58. The standard InChI is InChI=1S/C17H17BrFN3O.C14H11BrFN3O/c1-9(2)22-7-17(8-22)15-10-4-11(18)12(19)5-13(10)20-6-14(15)21(3)16(17)23;1-19-11-4-18-10-3-9(16)8(15)2-7(10)12(11)14(13(19)20)5-17-6-14/h4-6,9H,7-8H2,1-3H3;2-4,17H,5-6H2,1H3. The molecule has 0 aliphatic carbocycles. The van der Waals surface area contributed by atoms with Gasteiger partial charge in [0.25, 0.3) is 0 Å². The second kappa shape index (κ2) is 9.72. The Balaban J connectivity index is 0.000000141. The van der Waals surface area contributed by atoms with Crippen LogP contribution in [0.15, 0.2) is 45.6 Å². The summed E-state index contributed by atoms with van der Waals surface area (Å²) in [5.74, 6) is -0.488. The normalized spacial score (nSPS) is 19.7. The number of likely N-dealkylation sites (tertiary alicyclic amines) is 1. The van der Waals surface area contributed by atoms with E-state index in [0.29, 0.717) is 52.2 Å². The topological polar surface area (TPSA) is 81.7 Å². The summed E-state index contributed by atoms with van der Waals surface area (Å²) in [5, 5.41) is 4.87. The molecule has 6 heterocycles. The highest BCUT2D eigenvalue weighted by atomic mass is 79.9. The number of anilines is 2. The van der Waals surface area contributed by atoms with Gasteiger partial charge in [0.2, 0.25) is 11.8 Å². The first kappa shape index (κ1) is 28.7. The molecule has 2 amide bonds. The highest BCUT2D eigenvalue weighted by molar-refractivity contribution is 9.10. The van der Waals surface area contributed by atoms with Crippen molar-refractivity contribution < 1.29 is 18.4 Å². The van der Waals surface area contributed by atoms with Crippen molar-refractivity contribution in [2.75, 3.05) is 50.1 Å². The Morgan fingerprint density at radius 2 is 1.23 bits per heavy atom. The van der Waals surface area contributed by atoms with Gasteiger partial charge in [0.05, 0.1) is 43.7 Å². The van der Waals surface area contributed by atoms with Crippen molar-refractivity contribution in [2.45, 2.75) is 30.7 Å². The minimum atomic E-state index is -0.521. The fourth-order valence-electron chi connectivity index (χ4n) is 6.95. The number of nitrogens with one attached hydrogen (secondary N) is 1. The summed E-state index contributed by atoms with van der Waals surface area (Å²) in [5.41, 5.74) is 3.76. The van der Waals surface area contributed by atoms with E-state index < -0.39 is 10.8 Å². The van der Waals surface area contributed by atoms with Crippen LogP contribution in [0.25, 0.3) is 21.8 Å². The molecule has 8 nitrogen and oxygen atoms in total. The van der Waals surface area contributed by atoms with Gasteiger partial charge < -0.3 is 15.1 Å². The van der Waals surface area contributed by atoms with Crippen molar-refractivity contribution in [1.29, 1.82) is 0 Å². The van der Waals surface area contributed by atoms with Crippen molar-refractivity contribution in [3.8, 4) is 0 Å². The van der Waals surface area contributed by atoms with E-state index >= 15 is 0 Å². The number of fused-ring (bicyclic) bond motifs is 8. The van der Waals surface area contributed by atoms with Gasteiger partial charge in [-0.2, -0.15) is 0 Å². The summed E-state index contributed by atoms with van der Waals surface area (Å²) in [6.45, 7) is 6.92. The number of halogens is 4. The molecule has 0 radical (unpaired) electrons. The maximum atomic E-state index is 13.8. The third-order valence-electron chi connectivity index (χ3n) is 9.42. The van der Waals surface area contributed by atoms with Gasteiger partial charge in [-0.05, 0) is 57.8 Å². The largest absolute Gasteiger partial charge is 0.314 e. The van der Waals surface area contributed by atoms with E-state index in [1.54, 1.807) is 48.4 Å². The minimum absolute atomic E-state index is 0.0843. The first-order chi connectivity index (χ1) is 20.4. The summed E-state index contributed by atoms with van der Waals surface area (Å²) in [6.07, 6.45) is 3.35. The van der Waals surface area contributed by atoms with Crippen molar-refractivity contribution in [3.05, 3.63) is 68.4 Å². The number of benzene rings is 2. The number of pyridine rings is 2. The molecule has 2 fully saturated rings. The molecule has 222 valence electrons. The summed E-state index contributed by atoms with van der Waals surface area (Å²) >= 11 is 6.47. The monoisotopic (exact) mass is 712 g/mol. The van der Waals surface area contributed by atoms with Crippen LogP contribution in [0.4, 0.5) is 20.2 Å². The van der Waals surface area contributed by atoms with Gasteiger partial charge in [-0.3, -0.25) is 24.5 Å². The predicted molar refractivity (Wildman–Crippen MR) is 169 cm³/mol. The van der Waals surface area contributed by atoms with E-state index in [2.05, 4.69) is 65.9 Å². The Hall–Kier alpha value is -3.06. The van der Waals surface area contributed by atoms with Crippen molar-refractivity contribution in [2.24, 2.45) is 0 Å². The average Bonchev–Trinajstić information content (AvgIpc) is 3.30. The van der Waals surface area contributed by atoms with Crippen LogP contribution in [0.3, 0.4) is 0 Å². The SMILES string of the molecule is CC(C)N1CC2(C1)C(=O)N(C)c1cnc3cc(F)c(Br)cc3c12.CN1C(=O)C2(CNC2)c2c1cnc1cc(F)c(Br)cc21. The Bertz CT molecular complexity index is 1890. The maximum absolute atomic E-state index is 13.8. The highest BCUT2D eigenvalue weighted by Crippen LogP contribution is 2.50. The van der Waals surface area contributed by atoms with Gasteiger partial charge in [0.1, 0.15) is 22.5 Å². The molecule has 12 heteroatoms. The van der Waals surface area contributed by atoms with Gasteiger partial charge in [-0.15, -0.1) is 0 Å². The minimum Gasteiger partial charge on any atom is -0.314 e. The molecule has 0 unspecified atom stereocenters. The lowest BCUT2D eigenvalue weighted by Gasteiger charge is -2.49. The number of aromatic nitrogens is 2. The second-order valence-corrected chi connectivity index (χ2v) is 13.8. The Morgan fingerprint density at radius 1 is 0.791 bits per heavy atom. The third-order valence-corrected chi connectivity index (χ3v) is 10.6. The van der Waals surface area contributed by atoms with Crippen molar-refractivity contribution in [3.63, 3.8) is 0 Å². The first-order valence-electron chi connectivity index (χ1n) is 14.0. The Kier molecular flexibility index (Phi) is 6.49. The summed E-state index contributed by atoms with van der Waals surface area (Å²) in [6, 6.07) is 6.71. The molecule has 4 aliphatic heterocycles. The van der Waals surface area contributed by atoms with E-state index in [1.165, 1.54) is 12.1 Å². The third kappa shape index (κ3) is 3.89. The number of carbonyl (C=O) groups is 2. The molecule has 8 rings (SSSR count). The first-order valence-corrected chi connectivity index (χ1v) is 15.6. The van der Waals surface area contributed by atoms with E-state index in [1.807, 2.05) is 0 Å². The molecule has 4 aliphatic rings. The molecule has 4 aromatic rings. The zero-order chi connectivity index (χ0) is 30.6. The quantitative estimate of drug-likeness (QED) is 0.298. The molecule has 2 aromatic heterocycles. The summed E-state index contributed by atoms with van der Waals surface area (Å²) < 4.78 is 28.3. The molecule has 2 spiro atoms. The van der Waals surface area contributed by atoms with Crippen LogP contribution in [0.5, 0.6) is 0 Å². The smallest absolute Gasteiger partial charge is 0.240 e. The second-order valence-electron chi connectivity index (χ2n) is 12.1. The molecule has 0 atom stereocenters. The molecule has 2 aromatic carbocycles. The lowest BCUT2D eigenvalue weighted by Crippen LogP contribution is -2.65.